The average Bonchev–Trinajstić information content (AvgIpc) is 3.03. The Morgan fingerprint density at radius 2 is 1.64 bits per heavy atom. The first-order chi connectivity index (χ1) is 15.5. The lowest BCUT2D eigenvalue weighted by atomic mass is 9.65. The van der Waals surface area contributed by atoms with Gasteiger partial charge in [-0.3, -0.25) is 9.59 Å². The van der Waals surface area contributed by atoms with Crippen LogP contribution in [0.1, 0.15) is 44.7 Å². The second-order valence-electron chi connectivity index (χ2n) is 9.47. The molecule has 1 aliphatic carbocycles. The predicted octanol–water partition coefficient (Wildman–Crippen LogP) is 3.90. The number of carboxylic acids is 2. The topological polar surface area (TPSA) is 113 Å². The maximum Gasteiger partial charge on any atom is 0.326 e. The third-order valence-electron chi connectivity index (χ3n) is 7.24. The molecule has 0 aliphatic heterocycles. The molecule has 0 saturated heterocycles. The van der Waals surface area contributed by atoms with Gasteiger partial charge < -0.3 is 20.3 Å². The molecule has 1 saturated carbocycles. The summed E-state index contributed by atoms with van der Waals surface area (Å²) in [6.45, 7) is 5.61. The number of amides is 1. The van der Waals surface area contributed by atoms with Gasteiger partial charge in [-0.2, -0.15) is 0 Å². The number of aliphatic carboxylic acids is 2. The van der Waals surface area contributed by atoms with Gasteiger partial charge in [0.25, 0.3) is 0 Å². The van der Waals surface area contributed by atoms with Crippen molar-refractivity contribution in [2.75, 3.05) is 0 Å². The second kappa shape index (κ2) is 9.65. The number of hydrogen-bond donors (Lipinski definition) is 3. The number of benzene rings is 2. The number of ether oxygens (including phenoxy) is 1. The van der Waals surface area contributed by atoms with Crippen LogP contribution in [0.25, 0.3) is 0 Å². The van der Waals surface area contributed by atoms with Crippen LogP contribution in [-0.4, -0.2) is 34.1 Å². The van der Waals surface area contributed by atoms with Crippen molar-refractivity contribution in [2.24, 2.45) is 16.7 Å². The molecule has 3 rings (SSSR count). The molecule has 0 radical (unpaired) electrons. The van der Waals surface area contributed by atoms with Crippen LogP contribution < -0.4 is 10.1 Å². The van der Waals surface area contributed by atoms with Gasteiger partial charge in [-0.15, -0.1) is 0 Å². The molecule has 2 aromatic carbocycles. The number of nitrogens with one attached hydrogen (secondary N) is 1. The largest absolute Gasteiger partial charge is 0.489 e. The molecule has 0 heterocycles. The molecule has 0 spiro atoms. The zero-order valence-corrected chi connectivity index (χ0v) is 19.2. The number of carbonyl (C=O) groups excluding carboxylic acids is 1. The van der Waals surface area contributed by atoms with Crippen molar-refractivity contribution >= 4 is 17.8 Å². The quantitative estimate of drug-likeness (QED) is 0.531. The third-order valence-corrected chi connectivity index (χ3v) is 7.24. The predicted molar refractivity (Wildman–Crippen MR) is 123 cm³/mol. The van der Waals surface area contributed by atoms with Crippen molar-refractivity contribution in [3.05, 3.63) is 65.7 Å². The van der Waals surface area contributed by atoms with Gasteiger partial charge in [-0.05, 0) is 48.4 Å². The lowest BCUT2D eigenvalue weighted by molar-refractivity contribution is -0.155. The molecule has 2 aromatic rings. The normalized spacial score (nSPS) is 22.3. The van der Waals surface area contributed by atoms with E-state index in [4.69, 9.17) is 4.74 Å². The van der Waals surface area contributed by atoms with E-state index in [1.165, 1.54) is 0 Å². The summed E-state index contributed by atoms with van der Waals surface area (Å²) in [5.41, 5.74) is -0.0487. The van der Waals surface area contributed by atoms with Crippen LogP contribution in [0.2, 0.25) is 0 Å². The summed E-state index contributed by atoms with van der Waals surface area (Å²) in [6, 6.07) is 15.8. The zero-order chi connectivity index (χ0) is 24.2. The Morgan fingerprint density at radius 1 is 1.00 bits per heavy atom. The van der Waals surface area contributed by atoms with Crippen LogP contribution in [0.15, 0.2) is 54.6 Å². The first-order valence-electron chi connectivity index (χ1n) is 11.1. The van der Waals surface area contributed by atoms with Gasteiger partial charge in [0.15, 0.2) is 0 Å². The molecule has 0 aromatic heterocycles. The Morgan fingerprint density at radius 3 is 2.18 bits per heavy atom. The molecular formula is C26H31NO6. The van der Waals surface area contributed by atoms with Crippen molar-refractivity contribution in [2.45, 2.75) is 52.7 Å². The summed E-state index contributed by atoms with van der Waals surface area (Å²) in [5.74, 6) is -2.40. The van der Waals surface area contributed by atoms with E-state index in [1.54, 1.807) is 45.0 Å². The van der Waals surface area contributed by atoms with Crippen molar-refractivity contribution in [1.29, 1.82) is 0 Å². The standard InChI is InChI=1S/C26H31NO6/c1-25(2)20(13-14-26(25,3)24(31)32)22(28)27-21(23(29)30)15-17-9-11-19(12-10-17)33-16-18-7-5-4-6-8-18/h4-12,20-21H,13-16H2,1-3H3,(H,27,28)(H,29,30)(H,31,32)/t20?,21-,26?/m0/s1. The van der Waals surface area contributed by atoms with Crippen LogP contribution in [0.5, 0.6) is 5.75 Å². The fourth-order valence-electron chi connectivity index (χ4n) is 4.51. The van der Waals surface area contributed by atoms with E-state index in [-0.39, 0.29) is 6.42 Å². The average molecular weight is 454 g/mol. The van der Waals surface area contributed by atoms with Gasteiger partial charge in [-0.25, -0.2) is 4.79 Å². The Bertz CT molecular complexity index is 1000. The van der Waals surface area contributed by atoms with E-state index in [0.717, 1.165) is 11.1 Å². The van der Waals surface area contributed by atoms with E-state index >= 15 is 0 Å². The van der Waals surface area contributed by atoms with Gasteiger partial charge in [0.2, 0.25) is 5.91 Å². The first kappa shape index (κ1) is 24.3. The number of rotatable bonds is 9. The highest BCUT2D eigenvalue weighted by atomic mass is 16.5. The van der Waals surface area contributed by atoms with E-state index in [1.807, 2.05) is 30.3 Å². The van der Waals surface area contributed by atoms with Crippen LogP contribution in [0.3, 0.4) is 0 Å². The fourth-order valence-corrected chi connectivity index (χ4v) is 4.51. The third kappa shape index (κ3) is 5.18. The molecule has 0 bridgehead atoms. The Hall–Kier alpha value is -3.35. The van der Waals surface area contributed by atoms with Crippen molar-refractivity contribution in [1.82, 2.24) is 5.32 Å². The minimum Gasteiger partial charge on any atom is -0.489 e. The summed E-state index contributed by atoms with van der Waals surface area (Å²) in [6.07, 6.45) is 0.889. The monoisotopic (exact) mass is 453 g/mol. The summed E-state index contributed by atoms with van der Waals surface area (Å²) < 4.78 is 5.76. The maximum atomic E-state index is 13.0. The van der Waals surface area contributed by atoms with E-state index in [2.05, 4.69) is 5.32 Å². The van der Waals surface area contributed by atoms with Gasteiger partial charge in [0, 0.05) is 12.3 Å². The summed E-state index contributed by atoms with van der Waals surface area (Å²) >= 11 is 0. The molecule has 1 amide bonds. The SMILES string of the molecule is CC1(C(=O)O)CCC(C(=O)N[C@@H](Cc2ccc(OCc3ccccc3)cc2)C(=O)O)C1(C)C. The van der Waals surface area contributed by atoms with Gasteiger partial charge in [0.05, 0.1) is 5.41 Å². The summed E-state index contributed by atoms with van der Waals surface area (Å²) in [5, 5.41) is 22.0. The van der Waals surface area contributed by atoms with Gasteiger partial charge in [0.1, 0.15) is 18.4 Å². The Kier molecular flexibility index (Phi) is 7.10. The molecule has 1 fully saturated rings. The lowest BCUT2D eigenvalue weighted by Crippen LogP contribution is -2.49. The molecule has 7 nitrogen and oxygen atoms in total. The van der Waals surface area contributed by atoms with E-state index in [0.29, 0.717) is 25.2 Å². The maximum absolute atomic E-state index is 13.0. The van der Waals surface area contributed by atoms with Crippen LogP contribution in [-0.2, 0) is 27.4 Å². The smallest absolute Gasteiger partial charge is 0.326 e. The molecule has 1 aliphatic rings. The summed E-state index contributed by atoms with van der Waals surface area (Å²) in [7, 11) is 0. The van der Waals surface area contributed by atoms with E-state index in [9.17, 15) is 24.6 Å². The van der Waals surface area contributed by atoms with Crippen molar-refractivity contribution in [3.8, 4) is 5.75 Å². The summed E-state index contributed by atoms with van der Waals surface area (Å²) in [4.78, 5) is 36.6. The number of carboxylic acid groups (broad SMARTS) is 2. The fraction of sp³-hybridized carbons (Fsp3) is 0.423. The van der Waals surface area contributed by atoms with Crippen molar-refractivity contribution < 1.29 is 29.3 Å². The number of carbonyl (C=O) groups is 3. The molecule has 3 N–H and O–H groups in total. The second-order valence-corrected chi connectivity index (χ2v) is 9.47. The molecule has 176 valence electrons. The van der Waals surface area contributed by atoms with E-state index < -0.39 is 40.6 Å². The van der Waals surface area contributed by atoms with Gasteiger partial charge in [-0.1, -0.05) is 56.3 Å². The molecule has 33 heavy (non-hydrogen) atoms. The highest BCUT2D eigenvalue weighted by Gasteiger charge is 2.58. The highest BCUT2D eigenvalue weighted by Crippen LogP contribution is 2.56. The Balaban J connectivity index is 1.62. The molecular weight excluding hydrogens is 422 g/mol. The molecule has 2 unspecified atom stereocenters. The Labute approximate surface area is 193 Å². The highest BCUT2D eigenvalue weighted by molar-refractivity contribution is 5.87. The minimum atomic E-state index is -1.13. The first-order valence-corrected chi connectivity index (χ1v) is 11.1. The molecule has 3 atom stereocenters. The van der Waals surface area contributed by atoms with Gasteiger partial charge >= 0.3 is 11.9 Å². The minimum absolute atomic E-state index is 0.114. The van der Waals surface area contributed by atoms with Crippen molar-refractivity contribution in [3.63, 3.8) is 0 Å². The number of hydrogen-bond acceptors (Lipinski definition) is 4. The zero-order valence-electron chi connectivity index (χ0n) is 19.2. The lowest BCUT2D eigenvalue weighted by Gasteiger charge is -2.38. The van der Waals surface area contributed by atoms with Crippen LogP contribution in [0, 0.1) is 16.7 Å². The van der Waals surface area contributed by atoms with Crippen LogP contribution in [0.4, 0.5) is 0 Å². The molecule has 7 heteroatoms. The van der Waals surface area contributed by atoms with Crippen LogP contribution >= 0.6 is 0 Å².